The molecule has 156 valence electrons. The van der Waals surface area contributed by atoms with Crippen LogP contribution in [0.4, 0.5) is 0 Å². The van der Waals surface area contributed by atoms with Crippen molar-refractivity contribution in [2.45, 2.75) is 13.5 Å². The number of hydrogen-bond acceptors (Lipinski definition) is 5. The van der Waals surface area contributed by atoms with Gasteiger partial charge in [0.15, 0.2) is 11.5 Å². The molecule has 0 N–H and O–H groups in total. The van der Waals surface area contributed by atoms with Gasteiger partial charge in [-0.3, -0.25) is 9.59 Å². The molecule has 0 saturated heterocycles. The summed E-state index contributed by atoms with van der Waals surface area (Å²) in [5.74, 6) is 0.238. The van der Waals surface area contributed by atoms with Crippen LogP contribution in [0, 0.1) is 0 Å². The van der Waals surface area contributed by atoms with Crippen molar-refractivity contribution in [3.63, 3.8) is 0 Å². The fraction of sp³-hybridized carbons (Fsp3) is 0.125. The first-order valence-electron chi connectivity index (χ1n) is 9.73. The highest BCUT2D eigenvalue weighted by Crippen LogP contribution is 2.34. The Hall–Kier alpha value is -3.45. The van der Waals surface area contributed by atoms with Gasteiger partial charge in [-0.25, -0.2) is 0 Å². The molecule has 7 heteroatoms. The Balaban J connectivity index is 1.57. The number of amides is 2. The first-order chi connectivity index (χ1) is 15.1. The van der Waals surface area contributed by atoms with E-state index in [0.717, 1.165) is 10.6 Å². The number of hydrogen-bond donors (Lipinski definition) is 0. The highest BCUT2D eigenvalue weighted by molar-refractivity contribution is 9.10. The lowest BCUT2D eigenvalue weighted by molar-refractivity contribution is 0.0660. The van der Waals surface area contributed by atoms with Crippen LogP contribution in [0.15, 0.2) is 76.3 Å². The summed E-state index contributed by atoms with van der Waals surface area (Å²) in [6.45, 7) is 2.74. The minimum absolute atomic E-state index is 0.350. The second-order valence-corrected chi connectivity index (χ2v) is 7.59. The Morgan fingerprint density at radius 3 is 2.16 bits per heavy atom. The number of halogens is 1. The topological polar surface area (TPSA) is 68.2 Å². The van der Waals surface area contributed by atoms with E-state index < -0.39 is 11.8 Å². The molecule has 6 nitrogen and oxygen atoms in total. The molecule has 0 fully saturated rings. The summed E-state index contributed by atoms with van der Waals surface area (Å²) >= 11 is 3.51. The van der Waals surface area contributed by atoms with Gasteiger partial charge >= 0.3 is 0 Å². The van der Waals surface area contributed by atoms with E-state index in [2.05, 4.69) is 21.0 Å². The number of carbonyl (C=O) groups is 2. The van der Waals surface area contributed by atoms with Gasteiger partial charge in [0.2, 0.25) is 0 Å². The zero-order chi connectivity index (χ0) is 21.8. The van der Waals surface area contributed by atoms with Crippen molar-refractivity contribution in [1.82, 2.24) is 5.01 Å². The summed E-state index contributed by atoms with van der Waals surface area (Å²) in [5.41, 5.74) is 2.39. The van der Waals surface area contributed by atoms with Gasteiger partial charge in [-0.1, -0.05) is 42.5 Å². The van der Waals surface area contributed by atoms with E-state index in [1.807, 2.05) is 37.3 Å². The Morgan fingerprint density at radius 1 is 0.903 bits per heavy atom. The zero-order valence-electron chi connectivity index (χ0n) is 16.7. The average molecular weight is 479 g/mol. The molecule has 0 aliphatic carbocycles. The lowest BCUT2D eigenvalue weighted by Crippen LogP contribution is -2.24. The van der Waals surface area contributed by atoms with Crippen molar-refractivity contribution in [3.8, 4) is 11.5 Å². The number of carbonyl (C=O) groups excluding carboxylic acids is 2. The maximum absolute atomic E-state index is 12.5. The van der Waals surface area contributed by atoms with E-state index in [1.54, 1.807) is 36.4 Å². The Kier molecular flexibility index (Phi) is 6.13. The van der Waals surface area contributed by atoms with Gasteiger partial charge in [-0.15, -0.1) is 0 Å². The van der Waals surface area contributed by atoms with Gasteiger partial charge in [0.25, 0.3) is 11.8 Å². The summed E-state index contributed by atoms with van der Waals surface area (Å²) in [6.07, 6.45) is 1.45. The summed E-state index contributed by atoms with van der Waals surface area (Å²) in [5, 5.41) is 5.01. The van der Waals surface area contributed by atoms with Crippen molar-refractivity contribution >= 4 is 34.0 Å². The van der Waals surface area contributed by atoms with Crippen LogP contribution in [0.25, 0.3) is 0 Å². The monoisotopic (exact) mass is 478 g/mol. The number of fused-ring (bicyclic) bond motifs is 1. The molecular formula is C24H19BrN2O4. The van der Waals surface area contributed by atoms with E-state index >= 15 is 0 Å². The van der Waals surface area contributed by atoms with Gasteiger partial charge < -0.3 is 9.47 Å². The Labute approximate surface area is 188 Å². The second-order valence-electron chi connectivity index (χ2n) is 6.74. The molecule has 1 aliphatic heterocycles. The molecule has 31 heavy (non-hydrogen) atoms. The van der Waals surface area contributed by atoms with E-state index in [4.69, 9.17) is 9.47 Å². The van der Waals surface area contributed by atoms with Gasteiger partial charge in [0, 0.05) is 10.0 Å². The van der Waals surface area contributed by atoms with E-state index in [9.17, 15) is 9.59 Å². The van der Waals surface area contributed by atoms with Crippen LogP contribution in [-0.2, 0) is 6.61 Å². The van der Waals surface area contributed by atoms with Gasteiger partial charge in [0.1, 0.15) is 6.61 Å². The summed E-state index contributed by atoms with van der Waals surface area (Å²) in [4.78, 5) is 25.0. The molecule has 0 saturated carbocycles. The predicted octanol–water partition coefficient (Wildman–Crippen LogP) is 5.06. The Morgan fingerprint density at radius 2 is 1.52 bits per heavy atom. The normalized spacial score (nSPS) is 13.0. The van der Waals surface area contributed by atoms with Crippen LogP contribution >= 0.6 is 15.9 Å². The van der Waals surface area contributed by atoms with Crippen LogP contribution in [0.3, 0.4) is 0 Å². The highest BCUT2D eigenvalue weighted by atomic mass is 79.9. The second kappa shape index (κ2) is 9.14. The van der Waals surface area contributed by atoms with Crippen molar-refractivity contribution in [2.24, 2.45) is 5.10 Å². The quantitative estimate of drug-likeness (QED) is 0.351. The third-order valence-corrected chi connectivity index (χ3v) is 5.37. The SMILES string of the molecule is CCOc1cc(/C=N\N2C(=O)c3ccccc3C2=O)c(Br)cc1OCc1ccccc1. The number of imide groups is 1. The molecule has 0 aromatic heterocycles. The molecule has 2 amide bonds. The molecule has 0 unspecified atom stereocenters. The molecule has 3 aromatic carbocycles. The van der Waals surface area contributed by atoms with E-state index in [1.165, 1.54) is 6.21 Å². The molecule has 0 atom stereocenters. The smallest absolute Gasteiger partial charge is 0.282 e. The maximum Gasteiger partial charge on any atom is 0.282 e. The van der Waals surface area contributed by atoms with Crippen LogP contribution in [0.1, 0.15) is 38.8 Å². The van der Waals surface area contributed by atoms with Crippen molar-refractivity contribution < 1.29 is 19.1 Å². The molecule has 4 rings (SSSR count). The third-order valence-electron chi connectivity index (χ3n) is 4.68. The number of hydrazone groups is 1. The number of rotatable bonds is 7. The first kappa shape index (κ1) is 20.8. The molecule has 1 aliphatic rings. The van der Waals surface area contributed by atoms with Gasteiger partial charge in [-0.05, 0) is 52.7 Å². The fourth-order valence-corrected chi connectivity index (χ4v) is 3.59. The summed E-state index contributed by atoms with van der Waals surface area (Å²) in [7, 11) is 0. The fourth-order valence-electron chi connectivity index (χ4n) is 3.17. The molecule has 3 aromatic rings. The predicted molar refractivity (Wildman–Crippen MR) is 121 cm³/mol. The Bertz CT molecular complexity index is 1130. The van der Waals surface area contributed by atoms with Crippen molar-refractivity contribution in [2.75, 3.05) is 6.61 Å². The average Bonchev–Trinajstić information content (AvgIpc) is 3.03. The largest absolute Gasteiger partial charge is 0.490 e. The summed E-state index contributed by atoms with van der Waals surface area (Å²) in [6, 6.07) is 20.1. The number of nitrogens with zero attached hydrogens (tertiary/aromatic N) is 2. The summed E-state index contributed by atoms with van der Waals surface area (Å²) < 4.78 is 12.4. The number of benzene rings is 3. The van der Waals surface area contributed by atoms with Gasteiger partial charge in [0.05, 0.1) is 23.9 Å². The number of ether oxygens (including phenoxy) is 2. The zero-order valence-corrected chi connectivity index (χ0v) is 18.3. The van der Waals surface area contributed by atoms with Crippen LogP contribution in [0.2, 0.25) is 0 Å². The standard InChI is InChI=1S/C24H19BrN2O4/c1-2-30-21-12-17(20(25)13-22(21)31-15-16-8-4-3-5-9-16)14-26-27-23(28)18-10-6-7-11-19(18)24(27)29/h3-14H,2,15H2,1H3/b26-14-. The van der Waals surface area contributed by atoms with Crippen molar-refractivity contribution in [1.29, 1.82) is 0 Å². The van der Waals surface area contributed by atoms with E-state index in [0.29, 0.717) is 45.9 Å². The minimum atomic E-state index is -0.444. The third kappa shape index (κ3) is 4.36. The van der Waals surface area contributed by atoms with Crippen LogP contribution in [0.5, 0.6) is 11.5 Å². The van der Waals surface area contributed by atoms with Crippen LogP contribution in [-0.4, -0.2) is 29.6 Å². The lowest BCUT2D eigenvalue weighted by Gasteiger charge is -2.14. The first-order valence-corrected chi connectivity index (χ1v) is 10.5. The van der Waals surface area contributed by atoms with Crippen molar-refractivity contribution in [3.05, 3.63) is 93.5 Å². The molecule has 0 bridgehead atoms. The van der Waals surface area contributed by atoms with E-state index in [-0.39, 0.29) is 0 Å². The molecule has 0 spiro atoms. The highest BCUT2D eigenvalue weighted by Gasteiger charge is 2.35. The van der Waals surface area contributed by atoms with Crippen LogP contribution < -0.4 is 9.47 Å². The molecule has 1 heterocycles. The minimum Gasteiger partial charge on any atom is -0.490 e. The molecular weight excluding hydrogens is 460 g/mol. The maximum atomic E-state index is 12.5. The molecule has 0 radical (unpaired) electrons. The van der Waals surface area contributed by atoms with Gasteiger partial charge in [-0.2, -0.15) is 10.1 Å². The lowest BCUT2D eigenvalue weighted by atomic mass is 10.1.